The summed E-state index contributed by atoms with van der Waals surface area (Å²) in [6, 6.07) is 2.53. The normalized spacial score (nSPS) is 14.8. The lowest BCUT2D eigenvalue weighted by atomic mass is 10.1. The molecule has 2 aromatic rings. The summed E-state index contributed by atoms with van der Waals surface area (Å²) in [5, 5.41) is 15.5. The summed E-state index contributed by atoms with van der Waals surface area (Å²) in [5.41, 5.74) is -0.159. The molecule has 1 aliphatic rings. The summed E-state index contributed by atoms with van der Waals surface area (Å²) < 4.78 is 17.3. The molecule has 32 heavy (non-hydrogen) atoms. The van der Waals surface area contributed by atoms with E-state index >= 15 is 0 Å². The molecule has 1 saturated heterocycles. The van der Waals surface area contributed by atoms with Crippen molar-refractivity contribution in [3.05, 3.63) is 27.7 Å². The van der Waals surface area contributed by atoms with Crippen LogP contribution in [0.4, 0.5) is 15.3 Å². The highest BCUT2D eigenvalue weighted by Crippen LogP contribution is 2.36. The number of aromatic nitrogens is 2. The number of anilines is 1. The van der Waals surface area contributed by atoms with Crippen molar-refractivity contribution in [2.24, 2.45) is 0 Å². The van der Waals surface area contributed by atoms with Crippen LogP contribution in [0.15, 0.2) is 21.3 Å². The fourth-order valence-electron chi connectivity index (χ4n) is 3.35. The van der Waals surface area contributed by atoms with Gasteiger partial charge in [-0.3, -0.25) is 5.32 Å². The smallest absolute Gasteiger partial charge is 0.437 e. The number of ether oxygens (including phenoxy) is 2. The van der Waals surface area contributed by atoms with Crippen molar-refractivity contribution in [1.29, 1.82) is 0 Å². The van der Waals surface area contributed by atoms with Gasteiger partial charge in [-0.2, -0.15) is 4.68 Å². The van der Waals surface area contributed by atoms with E-state index < -0.39 is 23.5 Å². The number of rotatable bonds is 4. The first-order valence-corrected chi connectivity index (χ1v) is 10.3. The van der Waals surface area contributed by atoms with Crippen LogP contribution < -0.4 is 15.8 Å². The third kappa shape index (κ3) is 5.34. The Labute approximate surface area is 188 Å². The molecule has 12 heteroatoms. The largest absolute Gasteiger partial charge is 0.496 e. The molecule has 0 aliphatic carbocycles. The average molecular weight is 469 g/mol. The van der Waals surface area contributed by atoms with Gasteiger partial charge in [-0.1, -0.05) is 11.6 Å². The first kappa shape index (κ1) is 23.5. The molecule has 2 amide bonds. The number of nitrogens with zero attached hydrogens (tertiary/aromatic N) is 3. The zero-order valence-corrected chi connectivity index (χ0v) is 18.9. The number of benzene rings is 1. The third-order valence-electron chi connectivity index (χ3n) is 4.79. The number of halogens is 1. The molecular weight excluding hydrogens is 444 g/mol. The van der Waals surface area contributed by atoms with Crippen LogP contribution in [0.2, 0.25) is 5.02 Å². The minimum Gasteiger partial charge on any atom is -0.496 e. The number of piperidine rings is 1. The number of hydrogen-bond acceptors (Lipinski definition) is 7. The lowest BCUT2D eigenvalue weighted by Gasteiger charge is -2.32. The van der Waals surface area contributed by atoms with Crippen molar-refractivity contribution in [3.8, 4) is 17.2 Å². The van der Waals surface area contributed by atoms with Gasteiger partial charge in [0.2, 0.25) is 0 Å². The standard InChI is InChI=1S/C20H25ClN4O7/c1-20(2,3)32-18(28)24-7-5-11(6-8-24)25-19(29)31-16(23-25)12-9-13(21)14(22-17(26)27)10-15(12)30-4/h9-11,22H,5-8H2,1-4H3,(H,26,27). The minimum atomic E-state index is -1.28. The van der Waals surface area contributed by atoms with Crippen molar-refractivity contribution in [1.82, 2.24) is 14.7 Å². The molecule has 0 bridgehead atoms. The molecule has 2 heterocycles. The lowest BCUT2D eigenvalue weighted by molar-refractivity contribution is 0.0183. The van der Waals surface area contributed by atoms with Crippen LogP contribution in [0.3, 0.4) is 0 Å². The van der Waals surface area contributed by atoms with E-state index in [1.165, 1.54) is 23.9 Å². The number of nitrogens with one attached hydrogen (secondary N) is 1. The topological polar surface area (TPSA) is 136 Å². The van der Waals surface area contributed by atoms with Gasteiger partial charge in [0.1, 0.15) is 11.4 Å². The number of carboxylic acid groups (broad SMARTS) is 1. The van der Waals surface area contributed by atoms with Crippen LogP contribution in [-0.4, -0.2) is 57.8 Å². The molecule has 2 N–H and O–H groups in total. The van der Waals surface area contributed by atoms with Crippen LogP contribution in [0.5, 0.6) is 5.75 Å². The van der Waals surface area contributed by atoms with E-state index in [0.717, 1.165) is 0 Å². The Hall–Kier alpha value is -3.21. The minimum absolute atomic E-state index is 0.00908. The van der Waals surface area contributed by atoms with Crippen LogP contribution in [0.25, 0.3) is 11.5 Å². The van der Waals surface area contributed by atoms with Crippen LogP contribution in [0, 0.1) is 0 Å². The molecule has 11 nitrogen and oxygen atoms in total. The second-order valence-corrected chi connectivity index (χ2v) is 8.69. The van der Waals surface area contributed by atoms with Crippen LogP contribution >= 0.6 is 11.6 Å². The maximum atomic E-state index is 12.5. The fourth-order valence-corrected chi connectivity index (χ4v) is 3.56. The Morgan fingerprint density at radius 1 is 1.28 bits per heavy atom. The van der Waals surface area contributed by atoms with Crippen molar-refractivity contribution in [2.45, 2.75) is 45.3 Å². The van der Waals surface area contributed by atoms with E-state index in [1.54, 1.807) is 25.7 Å². The maximum Gasteiger partial charge on any atom is 0.437 e. The zero-order chi connectivity index (χ0) is 23.6. The highest BCUT2D eigenvalue weighted by atomic mass is 35.5. The molecule has 1 aromatic carbocycles. The molecule has 0 atom stereocenters. The van der Waals surface area contributed by atoms with E-state index in [1.807, 2.05) is 0 Å². The van der Waals surface area contributed by atoms with Gasteiger partial charge < -0.3 is 23.9 Å². The molecule has 0 saturated carbocycles. The predicted octanol–water partition coefficient (Wildman–Crippen LogP) is 3.83. The second kappa shape index (κ2) is 9.11. The highest BCUT2D eigenvalue weighted by molar-refractivity contribution is 6.34. The van der Waals surface area contributed by atoms with Crippen molar-refractivity contribution in [3.63, 3.8) is 0 Å². The van der Waals surface area contributed by atoms with E-state index in [4.69, 9.17) is 30.6 Å². The fraction of sp³-hybridized carbons (Fsp3) is 0.500. The molecule has 0 spiro atoms. The zero-order valence-electron chi connectivity index (χ0n) is 18.2. The van der Waals surface area contributed by atoms with Crippen molar-refractivity contribution >= 4 is 29.5 Å². The number of likely N-dealkylation sites (tertiary alicyclic amines) is 1. The molecular formula is C20H25ClN4O7. The highest BCUT2D eigenvalue weighted by Gasteiger charge is 2.30. The van der Waals surface area contributed by atoms with Crippen molar-refractivity contribution in [2.75, 3.05) is 25.5 Å². The second-order valence-electron chi connectivity index (χ2n) is 8.28. The summed E-state index contributed by atoms with van der Waals surface area (Å²) >= 11 is 6.15. The summed E-state index contributed by atoms with van der Waals surface area (Å²) in [5.74, 6) is -0.432. The van der Waals surface area contributed by atoms with Gasteiger partial charge in [-0.05, 0) is 39.7 Å². The van der Waals surface area contributed by atoms with Gasteiger partial charge in [0.15, 0.2) is 0 Å². The van der Waals surface area contributed by atoms with Gasteiger partial charge in [0, 0.05) is 19.2 Å². The van der Waals surface area contributed by atoms with Crippen molar-refractivity contribution < 1.29 is 28.6 Å². The van der Waals surface area contributed by atoms with Gasteiger partial charge in [0.25, 0.3) is 5.89 Å². The lowest BCUT2D eigenvalue weighted by Crippen LogP contribution is -2.43. The summed E-state index contributed by atoms with van der Waals surface area (Å²) in [6.07, 6.45) is -0.663. The monoisotopic (exact) mass is 468 g/mol. The molecule has 0 unspecified atom stereocenters. The Morgan fingerprint density at radius 3 is 2.50 bits per heavy atom. The number of carbonyl (C=O) groups excluding carboxylic acids is 1. The Morgan fingerprint density at radius 2 is 1.94 bits per heavy atom. The van der Waals surface area contributed by atoms with E-state index in [-0.39, 0.29) is 28.4 Å². The molecule has 0 radical (unpaired) electrons. The van der Waals surface area contributed by atoms with Gasteiger partial charge in [-0.25, -0.2) is 14.4 Å². The number of amides is 2. The number of hydrogen-bond donors (Lipinski definition) is 2. The van der Waals surface area contributed by atoms with Gasteiger partial charge >= 0.3 is 17.9 Å². The number of methoxy groups -OCH3 is 1. The molecule has 3 rings (SSSR count). The first-order chi connectivity index (χ1) is 15.0. The Bertz CT molecular complexity index is 1060. The Kier molecular flexibility index (Phi) is 6.68. The average Bonchev–Trinajstić information content (AvgIpc) is 3.09. The third-order valence-corrected chi connectivity index (χ3v) is 5.11. The van der Waals surface area contributed by atoms with Crippen LogP contribution in [-0.2, 0) is 4.74 Å². The molecule has 1 aromatic heterocycles. The number of carbonyl (C=O) groups is 2. The Balaban J connectivity index is 1.79. The molecule has 174 valence electrons. The van der Waals surface area contributed by atoms with E-state index in [9.17, 15) is 14.4 Å². The summed E-state index contributed by atoms with van der Waals surface area (Å²) in [4.78, 5) is 37.2. The maximum absolute atomic E-state index is 12.5. The molecule has 1 fully saturated rings. The van der Waals surface area contributed by atoms with Gasteiger partial charge in [0.05, 0.1) is 29.4 Å². The summed E-state index contributed by atoms with van der Waals surface area (Å²) in [6.45, 7) is 6.24. The van der Waals surface area contributed by atoms with Crippen LogP contribution in [0.1, 0.15) is 39.7 Å². The SMILES string of the molecule is COc1cc(NC(=O)O)c(Cl)cc1-c1nn(C2CCN(C(=O)OC(C)(C)C)CC2)c(=O)o1. The summed E-state index contributed by atoms with van der Waals surface area (Å²) in [7, 11) is 1.39. The first-order valence-electron chi connectivity index (χ1n) is 9.94. The van der Waals surface area contributed by atoms with E-state index in [2.05, 4.69) is 10.4 Å². The predicted molar refractivity (Wildman–Crippen MR) is 115 cm³/mol. The van der Waals surface area contributed by atoms with Gasteiger partial charge in [-0.15, -0.1) is 5.10 Å². The quantitative estimate of drug-likeness (QED) is 0.690. The van der Waals surface area contributed by atoms with E-state index in [0.29, 0.717) is 31.5 Å². The molecule has 1 aliphatic heterocycles.